The highest BCUT2D eigenvalue weighted by Crippen LogP contribution is 2.27. The number of likely N-dealkylation sites (N-methyl/N-ethyl adjacent to an activating group) is 1. The summed E-state index contributed by atoms with van der Waals surface area (Å²) in [4.78, 5) is 36.8. The van der Waals surface area contributed by atoms with Crippen LogP contribution in [0.4, 0.5) is 10.5 Å². The maximum absolute atomic E-state index is 12.6. The Balaban J connectivity index is 2.26. The van der Waals surface area contributed by atoms with Crippen LogP contribution < -0.4 is 5.56 Å². The van der Waals surface area contributed by atoms with E-state index in [-0.39, 0.29) is 29.7 Å². The average molecular weight is 361 g/mol. The molecule has 0 unspecified atom stereocenters. The van der Waals surface area contributed by atoms with E-state index in [1.165, 1.54) is 15.7 Å². The van der Waals surface area contributed by atoms with E-state index in [1.807, 2.05) is 0 Å². The number of nitro benzene ring substituents is 1. The van der Waals surface area contributed by atoms with Crippen LogP contribution >= 0.6 is 0 Å². The van der Waals surface area contributed by atoms with E-state index in [0.29, 0.717) is 10.9 Å². The Morgan fingerprint density at radius 3 is 2.50 bits per heavy atom. The minimum absolute atomic E-state index is 0.0578. The van der Waals surface area contributed by atoms with Crippen LogP contribution in [0.2, 0.25) is 0 Å². The number of fused-ring (bicyclic) bond motifs is 1. The molecular formula is C18H23N3O5. The van der Waals surface area contributed by atoms with E-state index in [2.05, 4.69) is 0 Å². The van der Waals surface area contributed by atoms with Crippen LogP contribution in [-0.2, 0) is 11.3 Å². The predicted molar refractivity (Wildman–Crippen MR) is 98.5 cm³/mol. The number of benzene rings is 1. The Morgan fingerprint density at radius 1 is 1.27 bits per heavy atom. The molecule has 0 saturated heterocycles. The average Bonchev–Trinajstić information content (AvgIpc) is 2.51. The summed E-state index contributed by atoms with van der Waals surface area (Å²) in [5.41, 5.74) is -0.479. The number of nitrogens with zero attached hydrogens (tertiary/aromatic N) is 3. The number of carbonyl (C=O) groups excluding carboxylic acids is 1. The molecule has 0 radical (unpaired) electrons. The summed E-state index contributed by atoms with van der Waals surface area (Å²) in [7, 11) is 1.59. The molecule has 140 valence electrons. The molecule has 0 aliphatic carbocycles. The van der Waals surface area contributed by atoms with Crippen molar-refractivity contribution >= 4 is 22.6 Å². The van der Waals surface area contributed by atoms with Crippen molar-refractivity contribution < 1.29 is 14.5 Å². The molecule has 0 fully saturated rings. The van der Waals surface area contributed by atoms with Crippen LogP contribution in [0.15, 0.2) is 29.2 Å². The van der Waals surface area contributed by atoms with E-state index in [1.54, 1.807) is 52.9 Å². The molecule has 1 amide bonds. The highest BCUT2D eigenvalue weighted by atomic mass is 16.6. The maximum Gasteiger partial charge on any atom is 0.410 e. The number of ether oxygens (including phenoxy) is 1. The van der Waals surface area contributed by atoms with Crippen molar-refractivity contribution in [2.24, 2.45) is 0 Å². The van der Waals surface area contributed by atoms with Gasteiger partial charge in [-0.25, -0.2) is 4.79 Å². The van der Waals surface area contributed by atoms with Crippen molar-refractivity contribution in [3.05, 3.63) is 50.4 Å². The van der Waals surface area contributed by atoms with E-state index >= 15 is 0 Å². The summed E-state index contributed by atoms with van der Waals surface area (Å²) in [6.45, 7) is 7.50. The lowest BCUT2D eigenvalue weighted by molar-refractivity contribution is -0.383. The fourth-order valence-corrected chi connectivity index (χ4v) is 2.57. The number of rotatable bonds is 4. The van der Waals surface area contributed by atoms with Crippen LogP contribution in [0.3, 0.4) is 0 Å². The molecule has 0 aliphatic heterocycles. The lowest BCUT2D eigenvalue weighted by Gasteiger charge is -2.24. The maximum atomic E-state index is 12.6. The molecule has 8 heteroatoms. The second kappa shape index (κ2) is 7.15. The molecule has 2 aromatic rings. The molecule has 0 aliphatic rings. The SMILES string of the molecule is Cc1ccc2c(=O)n(CCN(C)C(=O)OC(C)(C)C)ccc2c1[N+](=O)[O-]. The molecule has 0 spiro atoms. The lowest BCUT2D eigenvalue weighted by Crippen LogP contribution is -2.37. The summed E-state index contributed by atoms with van der Waals surface area (Å²) < 4.78 is 6.70. The number of nitro groups is 1. The van der Waals surface area contributed by atoms with Gasteiger partial charge in [0.05, 0.1) is 15.7 Å². The van der Waals surface area contributed by atoms with Crippen LogP contribution in [-0.4, -0.2) is 39.7 Å². The molecule has 1 aromatic heterocycles. The number of pyridine rings is 1. The van der Waals surface area contributed by atoms with Crippen molar-refractivity contribution in [1.29, 1.82) is 0 Å². The molecule has 8 nitrogen and oxygen atoms in total. The monoisotopic (exact) mass is 361 g/mol. The summed E-state index contributed by atoms with van der Waals surface area (Å²) in [6, 6.07) is 4.72. The molecule has 0 bridgehead atoms. The van der Waals surface area contributed by atoms with Crippen molar-refractivity contribution in [2.75, 3.05) is 13.6 Å². The molecule has 1 aromatic carbocycles. The lowest BCUT2D eigenvalue weighted by atomic mass is 10.1. The molecule has 26 heavy (non-hydrogen) atoms. The van der Waals surface area contributed by atoms with Gasteiger partial charge in [0.15, 0.2) is 0 Å². The topological polar surface area (TPSA) is 94.7 Å². The number of aryl methyl sites for hydroxylation is 1. The molecule has 1 heterocycles. The molecule has 0 N–H and O–H groups in total. The summed E-state index contributed by atoms with van der Waals surface area (Å²) in [5, 5.41) is 11.9. The van der Waals surface area contributed by atoms with Gasteiger partial charge in [-0.15, -0.1) is 0 Å². The van der Waals surface area contributed by atoms with Gasteiger partial charge in [-0.3, -0.25) is 14.9 Å². The normalized spacial score (nSPS) is 11.4. The molecular weight excluding hydrogens is 338 g/mol. The zero-order valence-corrected chi connectivity index (χ0v) is 15.6. The Bertz CT molecular complexity index is 911. The van der Waals surface area contributed by atoms with Crippen LogP contribution in [0.1, 0.15) is 26.3 Å². The van der Waals surface area contributed by atoms with E-state index < -0.39 is 16.6 Å². The van der Waals surface area contributed by atoms with Crippen LogP contribution in [0.5, 0.6) is 0 Å². The number of aromatic nitrogens is 1. The van der Waals surface area contributed by atoms with E-state index in [0.717, 1.165) is 0 Å². The van der Waals surface area contributed by atoms with Gasteiger partial charge < -0.3 is 14.2 Å². The standard InChI is InChI=1S/C18H23N3O5/c1-12-6-7-14-13(15(12)21(24)25)8-9-20(16(14)22)11-10-19(5)17(23)26-18(2,3)4/h6-9H,10-11H2,1-5H3. The van der Waals surface area contributed by atoms with Gasteiger partial charge in [-0.1, -0.05) is 6.07 Å². The zero-order chi connectivity index (χ0) is 19.6. The van der Waals surface area contributed by atoms with Crippen molar-refractivity contribution in [3.63, 3.8) is 0 Å². The van der Waals surface area contributed by atoms with Gasteiger partial charge >= 0.3 is 6.09 Å². The first-order valence-corrected chi connectivity index (χ1v) is 8.22. The minimum atomic E-state index is -0.595. The fourth-order valence-electron chi connectivity index (χ4n) is 2.57. The third-order valence-electron chi connectivity index (χ3n) is 3.90. The number of carbonyl (C=O) groups is 1. The third-order valence-corrected chi connectivity index (χ3v) is 3.90. The predicted octanol–water partition coefficient (Wildman–Crippen LogP) is 3.09. The largest absolute Gasteiger partial charge is 0.444 e. The van der Waals surface area contributed by atoms with Gasteiger partial charge in [-0.05, 0) is 39.8 Å². The summed E-state index contributed by atoms with van der Waals surface area (Å²) in [5.74, 6) is 0. The molecule has 0 atom stereocenters. The van der Waals surface area contributed by atoms with E-state index in [9.17, 15) is 19.7 Å². The first-order valence-electron chi connectivity index (χ1n) is 8.22. The quantitative estimate of drug-likeness (QED) is 0.616. The third kappa shape index (κ3) is 4.19. The highest BCUT2D eigenvalue weighted by molar-refractivity contribution is 5.91. The van der Waals surface area contributed by atoms with Crippen LogP contribution in [0, 0.1) is 17.0 Å². The Hall–Kier alpha value is -2.90. The van der Waals surface area contributed by atoms with Crippen molar-refractivity contribution in [3.8, 4) is 0 Å². The summed E-state index contributed by atoms with van der Waals surface area (Å²) in [6.07, 6.45) is 1.04. The number of hydrogen-bond acceptors (Lipinski definition) is 5. The Kier molecular flexibility index (Phi) is 5.34. The highest BCUT2D eigenvalue weighted by Gasteiger charge is 2.20. The Labute approximate surface area is 151 Å². The van der Waals surface area contributed by atoms with Gasteiger partial charge in [0.2, 0.25) is 0 Å². The van der Waals surface area contributed by atoms with Gasteiger partial charge in [0, 0.05) is 31.9 Å². The number of hydrogen-bond donors (Lipinski definition) is 0. The summed E-state index contributed by atoms with van der Waals surface area (Å²) >= 11 is 0. The van der Waals surface area contributed by atoms with Crippen molar-refractivity contribution in [1.82, 2.24) is 9.47 Å². The first-order chi connectivity index (χ1) is 12.0. The van der Waals surface area contributed by atoms with E-state index in [4.69, 9.17) is 4.74 Å². The second-order valence-corrected chi connectivity index (χ2v) is 7.17. The molecule has 0 saturated carbocycles. The molecule has 2 rings (SSSR count). The van der Waals surface area contributed by atoms with Crippen LogP contribution in [0.25, 0.3) is 10.8 Å². The van der Waals surface area contributed by atoms with Crippen molar-refractivity contribution in [2.45, 2.75) is 39.8 Å². The minimum Gasteiger partial charge on any atom is -0.444 e. The van der Waals surface area contributed by atoms with Gasteiger partial charge in [0.25, 0.3) is 11.2 Å². The Morgan fingerprint density at radius 2 is 1.92 bits per heavy atom. The van der Waals surface area contributed by atoms with Gasteiger partial charge in [-0.2, -0.15) is 0 Å². The smallest absolute Gasteiger partial charge is 0.410 e. The zero-order valence-electron chi connectivity index (χ0n) is 15.6. The first kappa shape index (κ1) is 19.4. The van der Waals surface area contributed by atoms with Gasteiger partial charge in [0.1, 0.15) is 5.60 Å². The second-order valence-electron chi connectivity index (χ2n) is 7.17. The number of amides is 1. The fraction of sp³-hybridized carbons (Fsp3) is 0.444.